The van der Waals surface area contributed by atoms with Gasteiger partial charge in [0.15, 0.2) is 0 Å². The summed E-state index contributed by atoms with van der Waals surface area (Å²) in [5.41, 5.74) is 0. The number of carbonyl (C=O) groups excluding carboxylic acids is 1. The van der Waals surface area contributed by atoms with Crippen molar-refractivity contribution in [2.75, 3.05) is 31.6 Å². The average Bonchev–Trinajstić information content (AvgIpc) is 2.87. The SMILES string of the molecule is CC(C)c1nnc(NC(=O)CN2CCCC(CO)C2)o1. The largest absolute Gasteiger partial charge is 0.408 e. The van der Waals surface area contributed by atoms with Crippen LogP contribution in [-0.4, -0.2) is 52.4 Å². The Morgan fingerprint density at radius 3 is 3.00 bits per heavy atom. The normalized spacial score (nSPS) is 20.3. The zero-order valence-corrected chi connectivity index (χ0v) is 12.0. The van der Waals surface area contributed by atoms with Crippen LogP contribution in [0.3, 0.4) is 0 Å². The van der Waals surface area contributed by atoms with Crippen molar-refractivity contribution < 1.29 is 14.3 Å². The molecule has 0 aliphatic carbocycles. The Morgan fingerprint density at radius 2 is 2.35 bits per heavy atom. The molecule has 1 atom stereocenters. The minimum atomic E-state index is -0.164. The minimum Gasteiger partial charge on any atom is -0.408 e. The smallest absolute Gasteiger partial charge is 0.322 e. The predicted octanol–water partition coefficient (Wildman–Crippen LogP) is 0.836. The molecule has 0 bridgehead atoms. The zero-order chi connectivity index (χ0) is 14.5. The molecule has 1 aliphatic heterocycles. The van der Waals surface area contributed by atoms with Crippen molar-refractivity contribution in [2.24, 2.45) is 5.92 Å². The lowest BCUT2D eigenvalue weighted by Gasteiger charge is -2.30. The highest BCUT2D eigenvalue weighted by Crippen LogP contribution is 2.16. The lowest BCUT2D eigenvalue weighted by Crippen LogP contribution is -2.41. The van der Waals surface area contributed by atoms with Crippen LogP contribution in [0.25, 0.3) is 0 Å². The van der Waals surface area contributed by atoms with Gasteiger partial charge in [-0.2, -0.15) is 0 Å². The van der Waals surface area contributed by atoms with Crippen molar-refractivity contribution in [3.8, 4) is 0 Å². The molecule has 1 amide bonds. The van der Waals surface area contributed by atoms with Gasteiger partial charge < -0.3 is 9.52 Å². The topological polar surface area (TPSA) is 91.5 Å². The minimum absolute atomic E-state index is 0.139. The highest BCUT2D eigenvalue weighted by molar-refractivity contribution is 5.90. The van der Waals surface area contributed by atoms with Gasteiger partial charge in [0.05, 0.1) is 6.54 Å². The van der Waals surface area contributed by atoms with Gasteiger partial charge in [-0.25, -0.2) is 0 Å². The first-order chi connectivity index (χ1) is 9.58. The number of aliphatic hydroxyl groups excluding tert-OH is 1. The fourth-order valence-corrected chi connectivity index (χ4v) is 2.32. The summed E-state index contributed by atoms with van der Waals surface area (Å²) < 4.78 is 5.33. The third kappa shape index (κ3) is 4.01. The average molecular weight is 282 g/mol. The van der Waals surface area contributed by atoms with Gasteiger partial charge >= 0.3 is 6.01 Å². The van der Waals surface area contributed by atoms with E-state index in [9.17, 15) is 9.90 Å². The number of aromatic nitrogens is 2. The third-order valence-electron chi connectivity index (χ3n) is 3.41. The Kier molecular flexibility index (Phi) is 5.08. The molecule has 1 unspecified atom stereocenters. The quantitative estimate of drug-likeness (QED) is 0.831. The van der Waals surface area contributed by atoms with Crippen LogP contribution in [0.5, 0.6) is 0 Å². The second-order valence-electron chi connectivity index (χ2n) is 5.57. The van der Waals surface area contributed by atoms with E-state index in [1.807, 2.05) is 18.7 Å². The van der Waals surface area contributed by atoms with E-state index in [-0.39, 0.29) is 36.9 Å². The predicted molar refractivity (Wildman–Crippen MR) is 73.3 cm³/mol. The highest BCUT2D eigenvalue weighted by atomic mass is 16.4. The maximum atomic E-state index is 11.9. The summed E-state index contributed by atoms with van der Waals surface area (Å²) in [4.78, 5) is 14.0. The molecule has 1 aromatic heterocycles. The van der Waals surface area contributed by atoms with Gasteiger partial charge in [-0.15, -0.1) is 5.10 Å². The molecule has 7 heteroatoms. The lowest BCUT2D eigenvalue weighted by atomic mass is 9.99. The van der Waals surface area contributed by atoms with E-state index < -0.39 is 0 Å². The van der Waals surface area contributed by atoms with Crippen molar-refractivity contribution in [2.45, 2.75) is 32.6 Å². The van der Waals surface area contributed by atoms with Crippen molar-refractivity contribution in [3.63, 3.8) is 0 Å². The molecule has 20 heavy (non-hydrogen) atoms. The van der Waals surface area contributed by atoms with Crippen molar-refractivity contribution >= 4 is 11.9 Å². The molecule has 0 spiro atoms. The van der Waals surface area contributed by atoms with E-state index in [1.165, 1.54) is 0 Å². The molecule has 0 radical (unpaired) electrons. The number of hydrogen-bond donors (Lipinski definition) is 2. The molecule has 7 nitrogen and oxygen atoms in total. The monoisotopic (exact) mass is 282 g/mol. The van der Waals surface area contributed by atoms with E-state index in [2.05, 4.69) is 15.5 Å². The second kappa shape index (κ2) is 6.81. The summed E-state index contributed by atoms with van der Waals surface area (Å²) in [6.07, 6.45) is 2.03. The molecule has 1 aliphatic rings. The van der Waals surface area contributed by atoms with E-state index in [4.69, 9.17) is 4.42 Å². The first-order valence-corrected chi connectivity index (χ1v) is 7.05. The molecule has 2 heterocycles. The third-order valence-corrected chi connectivity index (χ3v) is 3.41. The van der Waals surface area contributed by atoms with Crippen LogP contribution in [0.1, 0.15) is 38.5 Å². The Hall–Kier alpha value is -1.47. The van der Waals surface area contributed by atoms with Gasteiger partial charge in [-0.3, -0.25) is 15.0 Å². The van der Waals surface area contributed by atoms with Crippen molar-refractivity contribution in [1.82, 2.24) is 15.1 Å². The number of amides is 1. The summed E-state index contributed by atoms with van der Waals surface area (Å²) in [6.45, 7) is 6.00. The van der Waals surface area contributed by atoms with Gasteiger partial charge in [0, 0.05) is 19.1 Å². The van der Waals surface area contributed by atoms with Crippen LogP contribution in [0, 0.1) is 5.92 Å². The summed E-state index contributed by atoms with van der Waals surface area (Å²) in [5.74, 6) is 0.759. The summed E-state index contributed by atoms with van der Waals surface area (Å²) in [6, 6.07) is 0.148. The molecule has 2 rings (SSSR count). The highest BCUT2D eigenvalue weighted by Gasteiger charge is 2.21. The molecular formula is C13H22N4O3. The number of likely N-dealkylation sites (tertiary alicyclic amines) is 1. The summed E-state index contributed by atoms with van der Waals surface area (Å²) in [7, 11) is 0. The molecular weight excluding hydrogens is 260 g/mol. The van der Waals surface area contributed by atoms with Crippen LogP contribution >= 0.6 is 0 Å². The molecule has 112 valence electrons. The summed E-state index contributed by atoms with van der Waals surface area (Å²) >= 11 is 0. The van der Waals surface area contributed by atoms with E-state index >= 15 is 0 Å². The van der Waals surface area contributed by atoms with Crippen LogP contribution in [0.2, 0.25) is 0 Å². The number of nitrogens with zero attached hydrogens (tertiary/aromatic N) is 3. The lowest BCUT2D eigenvalue weighted by molar-refractivity contribution is -0.118. The molecule has 0 aromatic carbocycles. The molecule has 2 N–H and O–H groups in total. The maximum Gasteiger partial charge on any atom is 0.322 e. The fourth-order valence-electron chi connectivity index (χ4n) is 2.32. The van der Waals surface area contributed by atoms with Crippen molar-refractivity contribution in [3.05, 3.63) is 5.89 Å². The van der Waals surface area contributed by atoms with Crippen LogP contribution in [0.15, 0.2) is 4.42 Å². The van der Waals surface area contributed by atoms with E-state index in [0.717, 1.165) is 25.9 Å². The number of aliphatic hydroxyl groups is 1. The molecule has 0 saturated carbocycles. The maximum absolute atomic E-state index is 11.9. The number of hydrogen-bond acceptors (Lipinski definition) is 6. The van der Waals surface area contributed by atoms with Gasteiger partial charge in [0.2, 0.25) is 11.8 Å². The number of nitrogens with one attached hydrogen (secondary N) is 1. The number of piperidine rings is 1. The Morgan fingerprint density at radius 1 is 1.55 bits per heavy atom. The van der Waals surface area contributed by atoms with Gasteiger partial charge in [0.1, 0.15) is 0 Å². The summed E-state index contributed by atoms with van der Waals surface area (Å²) in [5, 5.41) is 19.4. The van der Waals surface area contributed by atoms with Crippen LogP contribution in [0.4, 0.5) is 6.01 Å². The molecule has 1 saturated heterocycles. The Labute approximate surface area is 118 Å². The van der Waals surface area contributed by atoms with E-state index in [0.29, 0.717) is 5.89 Å². The number of rotatable bonds is 5. The Balaban J connectivity index is 1.82. The number of carbonyl (C=O) groups is 1. The molecule has 1 fully saturated rings. The van der Waals surface area contributed by atoms with Crippen LogP contribution < -0.4 is 5.32 Å². The molecule has 1 aromatic rings. The van der Waals surface area contributed by atoms with Crippen LogP contribution in [-0.2, 0) is 4.79 Å². The van der Waals surface area contributed by atoms with Gasteiger partial charge in [0.25, 0.3) is 0 Å². The van der Waals surface area contributed by atoms with Gasteiger partial charge in [-0.1, -0.05) is 18.9 Å². The standard InChI is InChI=1S/C13H22N4O3/c1-9(2)12-15-16-13(20-12)14-11(19)7-17-5-3-4-10(6-17)8-18/h9-10,18H,3-8H2,1-2H3,(H,14,16,19). The Bertz CT molecular complexity index is 447. The first-order valence-electron chi connectivity index (χ1n) is 7.05. The number of anilines is 1. The fraction of sp³-hybridized carbons (Fsp3) is 0.769. The van der Waals surface area contributed by atoms with E-state index in [1.54, 1.807) is 0 Å². The second-order valence-corrected chi connectivity index (χ2v) is 5.57. The zero-order valence-electron chi connectivity index (χ0n) is 12.0. The van der Waals surface area contributed by atoms with Crippen molar-refractivity contribution in [1.29, 1.82) is 0 Å². The first kappa shape index (κ1) is 14.9. The van der Waals surface area contributed by atoms with Gasteiger partial charge in [-0.05, 0) is 25.3 Å².